The van der Waals surface area contributed by atoms with Crippen molar-refractivity contribution in [3.63, 3.8) is 0 Å². The number of hydrogen-bond donors (Lipinski definition) is 2. The molecule has 1 fully saturated rings. The van der Waals surface area contributed by atoms with Crippen molar-refractivity contribution in [2.24, 2.45) is 5.41 Å². The van der Waals surface area contributed by atoms with Crippen molar-refractivity contribution in [3.8, 4) is 0 Å². The van der Waals surface area contributed by atoms with Crippen molar-refractivity contribution in [2.75, 3.05) is 13.2 Å². The third kappa shape index (κ3) is 3.36. The number of amides is 1. The molecule has 0 spiro atoms. The van der Waals surface area contributed by atoms with E-state index in [0.717, 1.165) is 22.8 Å². The fourth-order valence-corrected chi connectivity index (χ4v) is 2.45. The first-order valence-electron chi connectivity index (χ1n) is 5.90. The minimum absolute atomic E-state index is 0.0995. The molecule has 98 valence electrons. The van der Waals surface area contributed by atoms with Crippen LogP contribution in [0.5, 0.6) is 0 Å². The Morgan fingerprint density at radius 2 is 2.22 bits per heavy atom. The second-order valence-corrected chi connectivity index (χ2v) is 6.35. The largest absolute Gasteiger partial charge is 0.396 e. The van der Waals surface area contributed by atoms with Crippen molar-refractivity contribution in [3.05, 3.63) is 32.4 Å². The van der Waals surface area contributed by atoms with Crippen molar-refractivity contribution in [1.29, 1.82) is 0 Å². The standard InChI is InChI=1S/C13H15ClINO2/c14-10-7-9(1-2-11(10)15)12(18)16-8-13(3-4-13)5-6-17/h1-2,7,17H,3-6,8H2,(H,16,18). The number of hydrogen-bond acceptors (Lipinski definition) is 2. The van der Waals surface area contributed by atoms with Gasteiger partial charge in [0.25, 0.3) is 5.91 Å². The molecule has 1 aromatic carbocycles. The van der Waals surface area contributed by atoms with Crippen LogP contribution >= 0.6 is 34.2 Å². The van der Waals surface area contributed by atoms with Gasteiger partial charge in [-0.2, -0.15) is 0 Å². The first kappa shape index (κ1) is 14.1. The summed E-state index contributed by atoms with van der Waals surface area (Å²) in [6.07, 6.45) is 2.93. The van der Waals surface area contributed by atoms with Crippen LogP contribution in [0, 0.1) is 8.99 Å². The van der Waals surface area contributed by atoms with E-state index in [1.807, 2.05) is 6.07 Å². The Hall–Kier alpha value is -0.330. The molecule has 0 atom stereocenters. The van der Waals surface area contributed by atoms with Gasteiger partial charge in [-0.1, -0.05) is 11.6 Å². The van der Waals surface area contributed by atoms with Crippen molar-refractivity contribution >= 4 is 40.1 Å². The summed E-state index contributed by atoms with van der Waals surface area (Å²) in [5.74, 6) is -0.0995. The van der Waals surface area contributed by atoms with E-state index in [1.54, 1.807) is 12.1 Å². The topological polar surface area (TPSA) is 49.3 Å². The smallest absolute Gasteiger partial charge is 0.251 e. The zero-order valence-electron chi connectivity index (χ0n) is 9.88. The summed E-state index contributed by atoms with van der Waals surface area (Å²) in [6, 6.07) is 5.29. The first-order chi connectivity index (χ1) is 8.56. The van der Waals surface area contributed by atoms with E-state index in [1.165, 1.54) is 0 Å². The quantitative estimate of drug-likeness (QED) is 0.773. The van der Waals surface area contributed by atoms with Crippen LogP contribution in [0.2, 0.25) is 5.02 Å². The maximum absolute atomic E-state index is 12.0. The van der Waals surface area contributed by atoms with Crippen LogP contribution in [-0.4, -0.2) is 24.2 Å². The third-order valence-corrected chi connectivity index (χ3v) is 4.98. The highest BCUT2D eigenvalue weighted by atomic mass is 127. The van der Waals surface area contributed by atoms with E-state index < -0.39 is 0 Å². The highest BCUT2D eigenvalue weighted by molar-refractivity contribution is 14.1. The molecule has 2 N–H and O–H groups in total. The molecule has 5 heteroatoms. The van der Waals surface area contributed by atoms with Gasteiger partial charge in [0.05, 0.1) is 5.02 Å². The van der Waals surface area contributed by atoms with Gasteiger partial charge < -0.3 is 10.4 Å². The molecule has 0 bridgehead atoms. The molecule has 0 aliphatic heterocycles. The first-order valence-corrected chi connectivity index (χ1v) is 7.36. The summed E-state index contributed by atoms with van der Waals surface area (Å²) in [5.41, 5.74) is 0.720. The average molecular weight is 380 g/mol. The molecular formula is C13H15ClINO2. The third-order valence-electron chi connectivity index (χ3n) is 3.40. The summed E-state index contributed by atoms with van der Waals surface area (Å²) in [7, 11) is 0. The molecule has 2 rings (SSSR count). The van der Waals surface area contributed by atoms with Gasteiger partial charge in [-0.05, 0) is 65.5 Å². The molecule has 1 aliphatic rings. The Balaban J connectivity index is 1.93. The summed E-state index contributed by atoms with van der Waals surface area (Å²) >= 11 is 8.12. The van der Waals surface area contributed by atoms with Gasteiger partial charge in [-0.25, -0.2) is 0 Å². The predicted octanol–water partition coefficient (Wildman–Crippen LogP) is 2.84. The predicted molar refractivity (Wildman–Crippen MR) is 79.9 cm³/mol. The second-order valence-electron chi connectivity index (χ2n) is 4.79. The summed E-state index contributed by atoms with van der Waals surface area (Å²) < 4.78 is 0.935. The average Bonchev–Trinajstić information content (AvgIpc) is 3.11. The van der Waals surface area contributed by atoms with Crippen LogP contribution in [-0.2, 0) is 0 Å². The fourth-order valence-electron chi connectivity index (χ4n) is 1.94. The van der Waals surface area contributed by atoms with Crippen LogP contribution in [0.15, 0.2) is 18.2 Å². The molecule has 1 aromatic rings. The highest BCUT2D eigenvalue weighted by Gasteiger charge is 2.41. The Morgan fingerprint density at radius 1 is 1.50 bits per heavy atom. The summed E-state index contributed by atoms with van der Waals surface area (Å²) in [5, 5.41) is 12.5. The summed E-state index contributed by atoms with van der Waals surface area (Å²) in [4.78, 5) is 12.0. The zero-order chi connectivity index (χ0) is 13.2. The van der Waals surface area contributed by atoms with E-state index >= 15 is 0 Å². The van der Waals surface area contributed by atoms with Crippen molar-refractivity contribution in [2.45, 2.75) is 19.3 Å². The number of aliphatic hydroxyl groups is 1. The molecule has 0 aromatic heterocycles. The van der Waals surface area contributed by atoms with E-state index in [9.17, 15) is 4.79 Å². The number of halogens is 2. The molecule has 0 radical (unpaired) electrons. The maximum Gasteiger partial charge on any atom is 0.251 e. The number of benzene rings is 1. The van der Waals surface area contributed by atoms with E-state index in [4.69, 9.17) is 16.7 Å². The lowest BCUT2D eigenvalue weighted by molar-refractivity contribution is 0.0941. The molecule has 1 aliphatic carbocycles. The molecule has 3 nitrogen and oxygen atoms in total. The van der Waals surface area contributed by atoms with Crippen LogP contribution in [0.25, 0.3) is 0 Å². The van der Waals surface area contributed by atoms with E-state index in [-0.39, 0.29) is 17.9 Å². The molecule has 1 saturated carbocycles. The maximum atomic E-state index is 12.0. The normalized spacial score (nSPS) is 16.4. The van der Waals surface area contributed by atoms with Crippen LogP contribution in [0.3, 0.4) is 0 Å². The summed E-state index contributed by atoms with van der Waals surface area (Å²) in [6.45, 7) is 0.821. The zero-order valence-corrected chi connectivity index (χ0v) is 12.8. The van der Waals surface area contributed by atoms with Gasteiger partial charge in [0.15, 0.2) is 0 Å². The number of carbonyl (C=O) groups excluding carboxylic acids is 1. The monoisotopic (exact) mass is 379 g/mol. The number of carbonyl (C=O) groups is 1. The van der Waals surface area contributed by atoms with Gasteiger partial charge in [-0.3, -0.25) is 4.79 Å². The molecule has 0 unspecified atom stereocenters. The Labute approximate surface area is 125 Å². The van der Waals surface area contributed by atoms with Gasteiger partial charge in [0.1, 0.15) is 0 Å². The Morgan fingerprint density at radius 3 is 2.78 bits per heavy atom. The Kier molecular flexibility index (Phi) is 4.50. The van der Waals surface area contributed by atoms with Crippen LogP contribution < -0.4 is 5.32 Å². The lowest BCUT2D eigenvalue weighted by atomic mass is 10.0. The lowest BCUT2D eigenvalue weighted by Crippen LogP contribution is -2.30. The van der Waals surface area contributed by atoms with E-state index in [2.05, 4.69) is 27.9 Å². The van der Waals surface area contributed by atoms with E-state index in [0.29, 0.717) is 17.1 Å². The second kappa shape index (κ2) is 5.75. The number of nitrogens with one attached hydrogen (secondary N) is 1. The lowest BCUT2D eigenvalue weighted by Gasteiger charge is -2.14. The molecule has 0 saturated heterocycles. The minimum Gasteiger partial charge on any atom is -0.396 e. The number of rotatable bonds is 5. The van der Waals surface area contributed by atoms with Crippen molar-refractivity contribution in [1.82, 2.24) is 5.32 Å². The minimum atomic E-state index is -0.0995. The van der Waals surface area contributed by atoms with Crippen LogP contribution in [0.1, 0.15) is 29.6 Å². The fraction of sp³-hybridized carbons (Fsp3) is 0.462. The van der Waals surface area contributed by atoms with Crippen LogP contribution in [0.4, 0.5) is 0 Å². The van der Waals surface area contributed by atoms with Gasteiger partial charge in [-0.15, -0.1) is 0 Å². The molecule has 18 heavy (non-hydrogen) atoms. The highest BCUT2D eigenvalue weighted by Crippen LogP contribution is 2.47. The van der Waals surface area contributed by atoms with Gasteiger partial charge >= 0.3 is 0 Å². The number of aliphatic hydroxyl groups excluding tert-OH is 1. The molecule has 0 heterocycles. The molecule has 1 amide bonds. The Bertz CT molecular complexity index is 460. The van der Waals surface area contributed by atoms with Gasteiger partial charge in [0.2, 0.25) is 0 Å². The SMILES string of the molecule is O=C(NCC1(CCO)CC1)c1ccc(I)c(Cl)c1. The van der Waals surface area contributed by atoms with Crippen molar-refractivity contribution < 1.29 is 9.90 Å². The molecular weight excluding hydrogens is 365 g/mol. The van der Waals surface area contributed by atoms with Gasteiger partial charge in [0, 0.05) is 22.3 Å².